The monoisotopic (exact) mass is 256 g/mol. The van der Waals surface area contributed by atoms with Crippen LogP contribution < -0.4 is 5.32 Å². The van der Waals surface area contributed by atoms with Crippen LogP contribution in [0.3, 0.4) is 0 Å². The fraction of sp³-hybridized carbons (Fsp3) is 0. The zero-order valence-electron chi connectivity index (χ0n) is 9.56. The molecule has 0 aliphatic carbocycles. The zero-order chi connectivity index (χ0) is 13.2. The first-order chi connectivity index (χ1) is 9.24. The Labute approximate surface area is 106 Å². The molecule has 0 aromatic carbocycles. The van der Waals surface area contributed by atoms with E-state index in [9.17, 15) is 4.79 Å². The second kappa shape index (κ2) is 4.33. The van der Waals surface area contributed by atoms with E-state index in [0.717, 1.165) is 0 Å². The SMILES string of the molecule is O=C(O)c1nccnc1Nc1ccc2nncn2c1. The number of hydrogen-bond donors (Lipinski definition) is 2. The maximum absolute atomic E-state index is 11.0. The number of carboxylic acid groups (broad SMARTS) is 1. The third kappa shape index (κ3) is 2.06. The van der Waals surface area contributed by atoms with Crippen molar-refractivity contribution >= 4 is 23.1 Å². The molecule has 0 unspecified atom stereocenters. The minimum Gasteiger partial charge on any atom is -0.476 e. The Morgan fingerprint density at radius 2 is 2.11 bits per heavy atom. The van der Waals surface area contributed by atoms with Gasteiger partial charge in [0.05, 0.1) is 5.69 Å². The molecule has 8 heteroatoms. The number of aromatic nitrogens is 5. The van der Waals surface area contributed by atoms with Crippen molar-refractivity contribution in [1.29, 1.82) is 0 Å². The molecule has 0 fully saturated rings. The minimum atomic E-state index is -1.14. The fourth-order valence-electron chi connectivity index (χ4n) is 1.62. The minimum absolute atomic E-state index is 0.133. The summed E-state index contributed by atoms with van der Waals surface area (Å²) in [6.07, 6.45) is 6.04. The number of hydrogen-bond acceptors (Lipinski definition) is 6. The number of carboxylic acids is 1. The highest BCUT2D eigenvalue weighted by atomic mass is 16.4. The Morgan fingerprint density at radius 3 is 2.95 bits per heavy atom. The second-order valence-corrected chi connectivity index (χ2v) is 3.70. The van der Waals surface area contributed by atoms with Crippen LogP contribution in [0.2, 0.25) is 0 Å². The Hall–Kier alpha value is -3.03. The first-order valence-electron chi connectivity index (χ1n) is 5.35. The molecule has 0 spiro atoms. The number of rotatable bonds is 3. The average Bonchev–Trinajstić information content (AvgIpc) is 2.86. The Kier molecular flexibility index (Phi) is 2.53. The molecular weight excluding hydrogens is 248 g/mol. The molecule has 0 aliphatic heterocycles. The van der Waals surface area contributed by atoms with Crippen molar-refractivity contribution in [2.45, 2.75) is 0 Å². The number of nitrogens with zero attached hydrogens (tertiary/aromatic N) is 5. The summed E-state index contributed by atoms with van der Waals surface area (Å²) in [7, 11) is 0. The molecule has 0 saturated heterocycles. The molecule has 0 amide bonds. The quantitative estimate of drug-likeness (QED) is 0.718. The molecule has 3 heterocycles. The van der Waals surface area contributed by atoms with E-state index >= 15 is 0 Å². The molecule has 0 bridgehead atoms. The van der Waals surface area contributed by atoms with Crippen LogP contribution in [0.4, 0.5) is 11.5 Å². The normalized spacial score (nSPS) is 10.5. The Bertz CT molecular complexity index is 754. The predicted octanol–water partition coefficient (Wildman–Crippen LogP) is 0.961. The number of fused-ring (bicyclic) bond motifs is 1. The van der Waals surface area contributed by atoms with Crippen molar-refractivity contribution in [3.05, 3.63) is 42.7 Å². The van der Waals surface area contributed by atoms with E-state index in [0.29, 0.717) is 11.3 Å². The van der Waals surface area contributed by atoms with Crippen LogP contribution in [-0.2, 0) is 0 Å². The van der Waals surface area contributed by atoms with Crippen molar-refractivity contribution < 1.29 is 9.90 Å². The summed E-state index contributed by atoms with van der Waals surface area (Å²) < 4.78 is 1.71. The standard InChI is InChI=1S/C11H8N6O2/c18-11(19)9-10(13-4-3-12-9)15-7-1-2-8-16-14-6-17(8)5-7/h1-6H,(H,13,15)(H,18,19). The molecule has 0 saturated carbocycles. The van der Waals surface area contributed by atoms with Gasteiger partial charge in [0.25, 0.3) is 0 Å². The summed E-state index contributed by atoms with van der Waals surface area (Å²) in [5.41, 5.74) is 1.23. The van der Waals surface area contributed by atoms with Crippen LogP contribution in [0.15, 0.2) is 37.1 Å². The molecule has 3 aromatic heterocycles. The van der Waals surface area contributed by atoms with E-state index in [-0.39, 0.29) is 11.5 Å². The van der Waals surface area contributed by atoms with Crippen LogP contribution in [0.25, 0.3) is 5.65 Å². The van der Waals surface area contributed by atoms with Crippen molar-refractivity contribution in [2.75, 3.05) is 5.32 Å². The number of pyridine rings is 1. The molecule has 3 aromatic rings. The van der Waals surface area contributed by atoms with Gasteiger partial charge >= 0.3 is 5.97 Å². The van der Waals surface area contributed by atoms with Gasteiger partial charge < -0.3 is 10.4 Å². The fourth-order valence-corrected chi connectivity index (χ4v) is 1.62. The highest BCUT2D eigenvalue weighted by Gasteiger charge is 2.12. The molecule has 19 heavy (non-hydrogen) atoms. The Balaban J connectivity index is 1.98. The lowest BCUT2D eigenvalue weighted by molar-refractivity contribution is 0.0691. The number of nitrogens with one attached hydrogen (secondary N) is 1. The van der Waals surface area contributed by atoms with Crippen LogP contribution in [-0.4, -0.2) is 35.6 Å². The highest BCUT2D eigenvalue weighted by Crippen LogP contribution is 2.17. The van der Waals surface area contributed by atoms with Crippen LogP contribution in [0, 0.1) is 0 Å². The number of anilines is 2. The van der Waals surface area contributed by atoms with Crippen molar-refractivity contribution in [2.24, 2.45) is 0 Å². The lowest BCUT2D eigenvalue weighted by Gasteiger charge is -2.07. The van der Waals surface area contributed by atoms with Gasteiger partial charge in [0, 0.05) is 18.6 Å². The predicted molar refractivity (Wildman–Crippen MR) is 65.3 cm³/mol. The van der Waals surface area contributed by atoms with Gasteiger partial charge in [-0.15, -0.1) is 10.2 Å². The van der Waals surface area contributed by atoms with E-state index in [1.807, 2.05) is 0 Å². The third-order valence-corrected chi connectivity index (χ3v) is 2.45. The van der Waals surface area contributed by atoms with Gasteiger partial charge in [-0.25, -0.2) is 14.8 Å². The maximum Gasteiger partial charge on any atom is 0.358 e. The summed E-state index contributed by atoms with van der Waals surface area (Å²) >= 11 is 0. The molecule has 0 atom stereocenters. The summed E-state index contributed by atoms with van der Waals surface area (Å²) in [5.74, 6) is -0.955. The van der Waals surface area contributed by atoms with Gasteiger partial charge in [-0.3, -0.25) is 4.40 Å². The highest BCUT2D eigenvalue weighted by molar-refractivity contribution is 5.91. The van der Waals surface area contributed by atoms with E-state index < -0.39 is 5.97 Å². The summed E-state index contributed by atoms with van der Waals surface area (Å²) in [6, 6.07) is 3.51. The van der Waals surface area contributed by atoms with Gasteiger partial charge in [-0.1, -0.05) is 0 Å². The molecule has 8 nitrogen and oxygen atoms in total. The van der Waals surface area contributed by atoms with Crippen molar-refractivity contribution in [3.8, 4) is 0 Å². The molecular formula is C11H8N6O2. The van der Waals surface area contributed by atoms with E-state index in [1.165, 1.54) is 12.4 Å². The molecule has 2 N–H and O–H groups in total. The summed E-state index contributed by atoms with van der Waals surface area (Å²) in [6.45, 7) is 0. The second-order valence-electron chi connectivity index (χ2n) is 3.70. The van der Waals surface area contributed by atoms with Crippen LogP contribution >= 0.6 is 0 Å². The molecule has 0 aliphatic rings. The van der Waals surface area contributed by atoms with E-state index in [2.05, 4.69) is 25.5 Å². The van der Waals surface area contributed by atoms with Gasteiger partial charge in [0.2, 0.25) is 0 Å². The average molecular weight is 256 g/mol. The van der Waals surface area contributed by atoms with Gasteiger partial charge in [-0.2, -0.15) is 0 Å². The molecule has 3 rings (SSSR count). The molecule has 0 radical (unpaired) electrons. The van der Waals surface area contributed by atoms with Crippen molar-refractivity contribution in [1.82, 2.24) is 24.6 Å². The van der Waals surface area contributed by atoms with E-state index in [4.69, 9.17) is 5.11 Å². The lowest BCUT2D eigenvalue weighted by Crippen LogP contribution is -2.07. The van der Waals surface area contributed by atoms with Gasteiger partial charge in [0.1, 0.15) is 6.33 Å². The first kappa shape index (κ1) is 11.1. The van der Waals surface area contributed by atoms with Crippen molar-refractivity contribution in [3.63, 3.8) is 0 Å². The van der Waals surface area contributed by atoms with Crippen LogP contribution in [0.5, 0.6) is 0 Å². The maximum atomic E-state index is 11.0. The van der Waals surface area contributed by atoms with Crippen LogP contribution in [0.1, 0.15) is 10.5 Å². The molecule has 94 valence electrons. The number of aromatic carboxylic acids is 1. The number of carbonyl (C=O) groups is 1. The largest absolute Gasteiger partial charge is 0.476 e. The smallest absolute Gasteiger partial charge is 0.358 e. The summed E-state index contributed by atoms with van der Waals surface area (Å²) in [5, 5.41) is 19.6. The topological polar surface area (TPSA) is 105 Å². The summed E-state index contributed by atoms with van der Waals surface area (Å²) in [4.78, 5) is 18.8. The lowest BCUT2D eigenvalue weighted by atomic mass is 10.3. The zero-order valence-corrected chi connectivity index (χ0v) is 9.56. The Morgan fingerprint density at radius 1 is 1.26 bits per heavy atom. The van der Waals surface area contributed by atoms with Gasteiger partial charge in [-0.05, 0) is 12.1 Å². The first-order valence-corrected chi connectivity index (χ1v) is 5.35. The van der Waals surface area contributed by atoms with Gasteiger partial charge in [0.15, 0.2) is 17.2 Å². The third-order valence-electron chi connectivity index (χ3n) is 2.45. The van der Waals surface area contributed by atoms with E-state index in [1.54, 1.807) is 29.1 Å².